The number of sulfone groups is 1. The Morgan fingerprint density at radius 1 is 0.708 bits per heavy atom. The van der Waals surface area contributed by atoms with E-state index in [4.69, 9.17) is 23.9 Å². The third kappa shape index (κ3) is 7.74. The first kappa shape index (κ1) is 33.3. The van der Waals surface area contributed by atoms with Crippen LogP contribution in [-0.2, 0) is 53.4 Å². The number of esters is 1. The van der Waals surface area contributed by atoms with Crippen molar-refractivity contribution in [2.24, 2.45) is 0 Å². The number of nitrogens with zero attached hydrogens (tertiary/aromatic N) is 2. The summed E-state index contributed by atoms with van der Waals surface area (Å²) < 4.78 is 55.1. The molecule has 48 heavy (non-hydrogen) atoms. The van der Waals surface area contributed by atoms with Gasteiger partial charge in [0.2, 0.25) is 9.84 Å². The molecule has 2 heterocycles. The van der Waals surface area contributed by atoms with Crippen molar-refractivity contribution < 1.29 is 32.2 Å². The molecule has 10 heteroatoms. The minimum atomic E-state index is -4.02. The zero-order valence-electron chi connectivity index (χ0n) is 26.8. The maximum absolute atomic E-state index is 13.9. The van der Waals surface area contributed by atoms with Gasteiger partial charge in [0.25, 0.3) is 0 Å². The molecular formula is C38H38N2O7S. The normalized spacial score (nSPS) is 19.0. The summed E-state index contributed by atoms with van der Waals surface area (Å²) in [4.78, 5) is 17.0. The molecule has 9 nitrogen and oxygen atoms in total. The molecule has 0 saturated carbocycles. The number of carbonyl (C=O) groups excluding carboxylic acids is 1. The Bertz CT molecular complexity index is 1900. The summed E-state index contributed by atoms with van der Waals surface area (Å²) >= 11 is 0. The lowest BCUT2D eigenvalue weighted by molar-refractivity contribution is -0.189. The Morgan fingerprint density at radius 3 is 1.73 bits per heavy atom. The molecule has 248 valence electrons. The average Bonchev–Trinajstić information content (AvgIpc) is 3.56. The SMILES string of the molecule is CC(=O)OC[C@@H]1[C@@H](OCc2ccccc2)[C@H](OCc2ccccc2)[C@@H](OCc2ccccc2)c2nc(S(=O)(=O)c3ccc(C)cc3)cn21. The van der Waals surface area contributed by atoms with Gasteiger partial charge in [0.05, 0.1) is 30.8 Å². The van der Waals surface area contributed by atoms with Crippen molar-refractivity contribution in [3.8, 4) is 0 Å². The Labute approximate surface area is 281 Å². The second-order valence-electron chi connectivity index (χ2n) is 11.8. The summed E-state index contributed by atoms with van der Waals surface area (Å²) in [7, 11) is -4.02. The molecule has 6 rings (SSSR count). The number of rotatable bonds is 13. The van der Waals surface area contributed by atoms with Gasteiger partial charge in [-0.25, -0.2) is 13.4 Å². The van der Waals surface area contributed by atoms with Crippen LogP contribution in [0, 0.1) is 6.92 Å². The topological polar surface area (TPSA) is 106 Å². The first-order valence-corrected chi connectivity index (χ1v) is 17.3. The lowest BCUT2D eigenvalue weighted by Gasteiger charge is -2.42. The molecule has 0 radical (unpaired) electrons. The molecule has 4 aromatic carbocycles. The Hall–Kier alpha value is -4.61. The van der Waals surface area contributed by atoms with Crippen molar-refractivity contribution in [1.29, 1.82) is 0 Å². The van der Waals surface area contributed by atoms with Crippen LogP contribution >= 0.6 is 0 Å². The highest BCUT2D eigenvalue weighted by Gasteiger charge is 2.48. The predicted octanol–water partition coefficient (Wildman–Crippen LogP) is 6.57. The largest absolute Gasteiger partial charge is 0.464 e. The van der Waals surface area contributed by atoms with E-state index in [1.165, 1.54) is 13.1 Å². The number of imidazole rings is 1. The molecule has 4 atom stereocenters. The maximum Gasteiger partial charge on any atom is 0.302 e. The molecule has 0 bridgehead atoms. The zero-order valence-corrected chi connectivity index (χ0v) is 27.7. The van der Waals surface area contributed by atoms with Gasteiger partial charge in [0, 0.05) is 13.1 Å². The molecule has 0 spiro atoms. The summed E-state index contributed by atoms with van der Waals surface area (Å²) in [6.45, 7) is 3.81. The smallest absolute Gasteiger partial charge is 0.302 e. The van der Waals surface area contributed by atoms with Crippen LogP contribution in [0.3, 0.4) is 0 Å². The predicted molar refractivity (Wildman–Crippen MR) is 179 cm³/mol. The van der Waals surface area contributed by atoms with Crippen LogP contribution in [0.1, 0.15) is 47.1 Å². The van der Waals surface area contributed by atoms with Crippen LogP contribution in [0.4, 0.5) is 0 Å². The highest BCUT2D eigenvalue weighted by atomic mass is 32.2. The van der Waals surface area contributed by atoms with Crippen LogP contribution in [0.15, 0.2) is 131 Å². The van der Waals surface area contributed by atoms with E-state index in [1.807, 2.05) is 97.9 Å². The van der Waals surface area contributed by atoms with E-state index in [1.54, 1.807) is 28.8 Å². The standard InChI is InChI=1S/C38H38N2O7S/c1-27-18-20-32(21-19-27)48(42,43)34-22-40-33(26-44-28(2)41)35(45-23-29-12-6-3-7-13-29)36(46-24-30-14-8-4-9-15-30)37(38(40)39-34)47-25-31-16-10-5-11-17-31/h3-22,33,35-37H,23-26H2,1-2H3/t33-,35-,36+,37-/m1/s1. The van der Waals surface area contributed by atoms with E-state index < -0.39 is 40.2 Å². The number of carbonyl (C=O) groups is 1. The second-order valence-corrected chi connectivity index (χ2v) is 13.7. The van der Waals surface area contributed by atoms with E-state index in [9.17, 15) is 13.2 Å². The van der Waals surface area contributed by atoms with Crippen LogP contribution in [0.25, 0.3) is 0 Å². The summed E-state index contributed by atoms with van der Waals surface area (Å²) in [5, 5.41) is -0.145. The van der Waals surface area contributed by atoms with Gasteiger partial charge in [-0.2, -0.15) is 0 Å². The maximum atomic E-state index is 13.9. The summed E-state index contributed by atoms with van der Waals surface area (Å²) in [6.07, 6.45) is -0.844. The van der Waals surface area contributed by atoms with Gasteiger partial charge in [0.15, 0.2) is 5.03 Å². The van der Waals surface area contributed by atoms with Crippen molar-refractivity contribution in [1.82, 2.24) is 9.55 Å². The van der Waals surface area contributed by atoms with Crippen molar-refractivity contribution in [3.63, 3.8) is 0 Å². The van der Waals surface area contributed by atoms with E-state index in [0.29, 0.717) is 5.82 Å². The first-order chi connectivity index (χ1) is 23.3. The van der Waals surface area contributed by atoms with E-state index in [2.05, 4.69) is 0 Å². The molecule has 0 N–H and O–H groups in total. The van der Waals surface area contributed by atoms with E-state index >= 15 is 0 Å². The van der Waals surface area contributed by atoms with Crippen molar-refractivity contribution in [2.45, 2.75) is 67.9 Å². The molecule has 1 aliphatic rings. The fourth-order valence-corrected chi connectivity index (χ4v) is 6.96. The molecule has 1 aliphatic heterocycles. The molecule has 0 fully saturated rings. The lowest BCUT2D eigenvalue weighted by atomic mass is 9.95. The Morgan fingerprint density at radius 2 is 1.21 bits per heavy atom. The van der Waals surface area contributed by atoms with Crippen molar-refractivity contribution in [3.05, 3.63) is 150 Å². The zero-order chi connectivity index (χ0) is 33.5. The van der Waals surface area contributed by atoms with Gasteiger partial charge in [-0.1, -0.05) is 109 Å². The molecule has 0 unspecified atom stereocenters. The molecule has 1 aromatic heterocycles. The monoisotopic (exact) mass is 666 g/mol. The van der Waals surface area contributed by atoms with Gasteiger partial charge in [0.1, 0.15) is 30.7 Å². The number of hydrogen-bond acceptors (Lipinski definition) is 8. The third-order valence-corrected chi connectivity index (χ3v) is 9.90. The van der Waals surface area contributed by atoms with Crippen LogP contribution in [0.2, 0.25) is 0 Å². The van der Waals surface area contributed by atoms with Gasteiger partial charge in [-0.15, -0.1) is 0 Å². The Balaban J connectivity index is 1.46. The molecule has 0 amide bonds. The number of hydrogen-bond donors (Lipinski definition) is 0. The van der Waals surface area contributed by atoms with E-state index in [-0.39, 0.29) is 36.3 Å². The minimum Gasteiger partial charge on any atom is -0.464 e. The van der Waals surface area contributed by atoms with Crippen molar-refractivity contribution in [2.75, 3.05) is 6.61 Å². The molecule has 0 aliphatic carbocycles. The van der Waals surface area contributed by atoms with Crippen LogP contribution < -0.4 is 0 Å². The van der Waals surface area contributed by atoms with Crippen LogP contribution in [0.5, 0.6) is 0 Å². The minimum absolute atomic E-state index is 0.0984. The average molecular weight is 667 g/mol. The van der Waals surface area contributed by atoms with E-state index in [0.717, 1.165) is 22.3 Å². The van der Waals surface area contributed by atoms with Crippen LogP contribution in [-0.4, -0.2) is 42.8 Å². The molecule has 0 saturated heterocycles. The molecule has 5 aromatic rings. The third-order valence-electron chi connectivity index (χ3n) is 8.26. The summed E-state index contributed by atoms with van der Waals surface area (Å²) in [6, 6.07) is 35.1. The molecular weight excluding hydrogens is 628 g/mol. The number of aromatic nitrogens is 2. The van der Waals surface area contributed by atoms with Crippen molar-refractivity contribution >= 4 is 15.8 Å². The van der Waals surface area contributed by atoms with Gasteiger partial charge >= 0.3 is 5.97 Å². The van der Waals surface area contributed by atoms with Gasteiger partial charge < -0.3 is 23.5 Å². The van der Waals surface area contributed by atoms with Gasteiger partial charge in [-0.3, -0.25) is 4.79 Å². The second kappa shape index (κ2) is 15.1. The Kier molecular flexibility index (Phi) is 10.5. The number of aryl methyl sites for hydroxylation is 1. The highest BCUT2D eigenvalue weighted by molar-refractivity contribution is 7.91. The summed E-state index contributed by atoms with van der Waals surface area (Å²) in [5.74, 6) is -0.137. The highest BCUT2D eigenvalue weighted by Crippen LogP contribution is 2.41. The van der Waals surface area contributed by atoms with Gasteiger partial charge in [-0.05, 0) is 35.7 Å². The summed E-state index contributed by atoms with van der Waals surface area (Å²) in [5.41, 5.74) is 3.74. The number of ether oxygens (including phenoxy) is 4. The fourth-order valence-electron chi connectivity index (χ4n) is 5.75. The first-order valence-electron chi connectivity index (χ1n) is 15.8. The number of benzene rings is 4. The quantitative estimate of drug-likeness (QED) is 0.130. The number of fused-ring (bicyclic) bond motifs is 1. The lowest BCUT2D eigenvalue weighted by Crippen LogP contribution is -2.50. The fraction of sp³-hybridized carbons (Fsp3) is 0.263.